The lowest BCUT2D eigenvalue weighted by Crippen LogP contribution is -2.45. The smallest absolute Gasteiger partial charge is 0.227 e. The van der Waals surface area contributed by atoms with Gasteiger partial charge < -0.3 is 19.1 Å². The molecule has 6 nitrogen and oxygen atoms in total. The molecule has 24 heavy (non-hydrogen) atoms. The highest BCUT2D eigenvalue weighted by Crippen LogP contribution is 2.28. The van der Waals surface area contributed by atoms with Crippen LogP contribution in [0.1, 0.15) is 5.56 Å². The largest absolute Gasteiger partial charge is 0.493 e. The van der Waals surface area contributed by atoms with E-state index in [4.69, 9.17) is 14.2 Å². The molecule has 6 heteroatoms. The summed E-state index contributed by atoms with van der Waals surface area (Å²) in [4.78, 5) is 17.1. The minimum absolute atomic E-state index is 0.161. The van der Waals surface area contributed by atoms with Gasteiger partial charge in [0.25, 0.3) is 0 Å². The van der Waals surface area contributed by atoms with Crippen molar-refractivity contribution >= 4 is 5.91 Å². The van der Waals surface area contributed by atoms with Gasteiger partial charge in [-0.25, -0.2) is 0 Å². The normalized spacial score (nSPS) is 24.4. The van der Waals surface area contributed by atoms with Crippen LogP contribution < -0.4 is 9.47 Å². The van der Waals surface area contributed by atoms with Crippen LogP contribution in [0.5, 0.6) is 11.5 Å². The standard InChI is InChI=1S/C18H26N2O4/c1-19-8-14-9-20(10-15(19)12-24-11-14)18(21)7-13-4-5-16(22-2)17(6-13)23-3/h4-6,14-15H,7-12H2,1-3H3/t14-,15+/m1/s1. The molecule has 132 valence electrons. The first kappa shape index (κ1) is 17.0. The molecule has 0 unspecified atom stereocenters. The second kappa shape index (κ2) is 7.40. The molecule has 2 bridgehead atoms. The number of amides is 1. The Morgan fingerprint density at radius 3 is 2.71 bits per heavy atom. The molecule has 2 heterocycles. The maximum Gasteiger partial charge on any atom is 0.227 e. The molecule has 0 spiro atoms. The van der Waals surface area contributed by atoms with Crippen LogP contribution in [0.15, 0.2) is 18.2 Å². The van der Waals surface area contributed by atoms with E-state index >= 15 is 0 Å². The molecule has 1 aromatic carbocycles. The Morgan fingerprint density at radius 1 is 1.17 bits per heavy atom. The molecule has 0 saturated carbocycles. The SMILES string of the molecule is COc1ccc(CC(=O)N2C[C@@H]3COC[C@H](C2)N(C)C3)cc1OC. The summed E-state index contributed by atoms with van der Waals surface area (Å²) < 4.78 is 16.3. The molecule has 2 aliphatic rings. The summed E-state index contributed by atoms with van der Waals surface area (Å²) in [7, 11) is 5.33. The molecule has 0 N–H and O–H groups in total. The molecule has 0 radical (unpaired) electrons. The number of carbonyl (C=O) groups is 1. The fourth-order valence-electron chi connectivity index (χ4n) is 3.53. The second-order valence-electron chi connectivity index (χ2n) is 6.66. The van der Waals surface area contributed by atoms with Crippen molar-refractivity contribution in [3.05, 3.63) is 23.8 Å². The van der Waals surface area contributed by atoms with Crippen molar-refractivity contribution < 1.29 is 19.0 Å². The van der Waals surface area contributed by atoms with Gasteiger partial charge in [0.1, 0.15) is 0 Å². The van der Waals surface area contributed by atoms with Crippen molar-refractivity contribution in [1.82, 2.24) is 9.80 Å². The van der Waals surface area contributed by atoms with Gasteiger partial charge >= 0.3 is 0 Å². The Balaban J connectivity index is 1.70. The van der Waals surface area contributed by atoms with E-state index in [2.05, 4.69) is 11.9 Å². The molecule has 0 aliphatic carbocycles. The van der Waals surface area contributed by atoms with Crippen LogP contribution in [-0.4, -0.2) is 75.9 Å². The molecule has 2 saturated heterocycles. The molecule has 3 rings (SSSR count). The van der Waals surface area contributed by atoms with Gasteiger partial charge in [0, 0.05) is 25.6 Å². The maximum absolute atomic E-state index is 12.8. The van der Waals surface area contributed by atoms with Crippen molar-refractivity contribution in [3.8, 4) is 11.5 Å². The molecule has 2 fully saturated rings. The minimum Gasteiger partial charge on any atom is -0.493 e. The minimum atomic E-state index is 0.161. The molecule has 0 aromatic heterocycles. The fourth-order valence-corrected chi connectivity index (χ4v) is 3.53. The Morgan fingerprint density at radius 2 is 1.96 bits per heavy atom. The molecular formula is C18H26N2O4. The Hall–Kier alpha value is -1.79. The van der Waals surface area contributed by atoms with Crippen LogP contribution in [0.2, 0.25) is 0 Å². The second-order valence-corrected chi connectivity index (χ2v) is 6.66. The van der Waals surface area contributed by atoms with Crippen LogP contribution in [-0.2, 0) is 16.0 Å². The Labute approximate surface area is 143 Å². The van der Waals surface area contributed by atoms with E-state index < -0.39 is 0 Å². The van der Waals surface area contributed by atoms with E-state index in [0.717, 1.165) is 31.8 Å². The van der Waals surface area contributed by atoms with Gasteiger partial charge in [0.2, 0.25) is 5.91 Å². The number of hydrogen-bond acceptors (Lipinski definition) is 5. The molecule has 1 aromatic rings. The van der Waals surface area contributed by atoms with E-state index in [-0.39, 0.29) is 11.9 Å². The summed E-state index contributed by atoms with van der Waals surface area (Å²) in [5, 5.41) is 0. The predicted octanol–water partition coefficient (Wildman–Crippen LogP) is 1.04. The lowest BCUT2D eigenvalue weighted by atomic mass is 10.1. The van der Waals surface area contributed by atoms with Crippen molar-refractivity contribution in [2.24, 2.45) is 5.92 Å². The molecule has 2 aliphatic heterocycles. The monoisotopic (exact) mass is 334 g/mol. The molecular weight excluding hydrogens is 308 g/mol. The zero-order valence-corrected chi connectivity index (χ0v) is 14.7. The zero-order chi connectivity index (χ0) is 17.1. The van der Waals surface area contributed by atoms with E-state index in [0.29, 0.717) is 30.4 Å². The topological polar surface area (TPSA) is 51.2 Å². The summed E-state index contributed by atoms with van der Waals surface area (Å²) in [6.07, 6.45) is 0.379. The predicted molar refractivity (Wildman–Crippen MR) is 90.6 cm³/mol. The Bertz CT molecular complexity index is 592. The van der Waals surface area contributed by atoms with Gasteiger partial charge in [-0.3, -0.25) is 9.69 Å². The first-order chi connectivity index (χ1) is 11.6. The number of benzene rings is 1. The van der Waals surface area contributed by atoms with Crippen molar-refractivity contribution in [1.29, 1.82) is 0 Å². The molecule has 1 amide bonds. The van der Waals surface area contributed by atoms with Gasteiger partial charge in [0.15, 0.2) is 11.5 Å². The van der Waals surface area contributed by atoms with Crippen LogP contribution in [0.3, 0.4) is 0 Å². The average Bonchev–Trinajstić information content (AvgIpc) is 2.83. The maximum atomic E-state index is 12.8. The van der Waals surface area contributed by atoms with Crippen LogP contribution in [0.4, 0.5) is 0 Å². The summed E-state index contributed by atoms with van der Waals surface area (Å²) in [5.41, 5.74) is 0.941. The average molecular weight is 334 g/mol. The third-order valence-corrected chi connectivity index (χ3v) is 4.90. The van der Waals surface area contributed by atoms with Crippen LogP contribution >= 0.6 is 0 Å². The van der Waals surface area contributed by atoms with E-state index in [1.54, 1.807) is 14.2 Å². The lowest BCUT2D eigenvalue weighted by Gasteiger charge is -2.30. The van der Waals surface area contributed by atoms with Gasteiger partial charge in [-0.05, 0) is 24.7 Å². The highest BCUT2D eigenvalue weighted by Gasteiger charge is 2.33. The van der Waals surface area contributed by atoms with Crippen LogP contribution in [0, 0.1) is 5.92 Å². The third kappa shape index (κ3) is 3.65. The summed E-state index contributed by atoms with van der Waals surface area (Å²) in [6.45, 7) is 3.94. The number of carbonyl (C=O) groups excluding carboxylic acids is 1. The third-order valence-electron chi connectivity index (χ3n) is 4.90. The first-order valence-corrected chi connectivity index (χ1v) is 8.37. The fraction of sp³-hybridized carbons (Fsp3) is 0.611. The number of likely N-dealkylation sites (N-methyl/N-ethyl adjacent to an activating group) is 1. The zero-order valence-electron chi connectivity index (χ0n) is 14.7. The number of rotatable bonds is 4. The highest BCUT2D eigenvalue weighted by atomic mass is 16.5. The number of ether oxygens (including phenoxy) is 3. The summed E-state index contributed by atoms with van der Waals surface area (Å²) in [5.74, 6) is 1.88. The van der Waals surface area contributed by atoms with Crippen molar-refractivity contribution in [2.75, 3.05) is 54.1 Å². The summed E-state index contributed by atoms with van der Waals surface area (Å²) >= 11 is 0. The van der Waals surface area contributed by atoms with Gasteiger partial charge in [-0.1, -0.05) is 6.07 Å². The number of methoxy groups -OCH3 is 2. The lowest BCUT2D eigenvalue weighted by molar-refractivity contribution is -0.132. The van der Waals surface area contributed by atoms with Crippen LogP contribution in [0.25, 0.3) is 0 Å². The number of hydrogen-bond donors (Lipinski definition) is 0. The van der Waals surface area contributed by atoms with E-state index in [1.165, 1.54) is 0 Å². The quantitative estimate of drug-likeness (QED) is 0.823. The van der Waals surface area contributed by atoms with E-state index in [9.17, 15) is 4.79 Å². The van der Waals surface area contributed by atoms with E-state index in [1.807, 2.05) is 23.1 Å². The highest BCUT2D eigenvalue weighted by molar-refractivity contribution is 5.79. The van der Waals surface area contributed by atoms with Gasteiger partial charge in [0.05, 0.1) is 39.9 Å². The first-order valence-electron chi connectivity index (χ1n) is 8.37. The van der Waals surface area contributed by atoms with Crippen molar-refractivity contribution in [2.45, 2.75) is 12.5 Å². The van der Waals surface area contributed by atoms with Gasteiger partial charge in [-0.15, -0.1) is 0 Å². The summed E-state index contributed by atoms with van der Waals surface area (Å²) in [6, 6.07) is 5.93. The van der Waals surface area contributed by atoms with Crippen molar-refractivity contribution in [3.63, 3.8) is 0 Å². The van der Waals surface area contributed by atoms with Gasteiger partial charge in [-0.2, -0.15) is 0 Å². The Kier molecular flexibility index (Phi) is 5.26. The molecule has 2 atom stereocenters. The number of nitrogens with zero attached hydrogens (tertiary/aromatic N) is 2. The number of fused-ring (bicyclic) bond motifs is 3.